The maximum Gasteiger partial charge on any atom is 0.306 e. The Morgan fingerprint density at radius 2 is 1.87 bits per heavy atom. The molecule has 4 aliphatic carbocycles. The summed E-state index contributed by atoms with van der Waals surface area (Å²) in [5.74, 6) is 2.33. The van der Waals surface area contributed by atoms with Crippen LogP contribution in [0, 0.1) is 29.1 Å². The van der Waals surface area contributed by atoms with Crippen LogP contribution >= 0.6 is 0 Å². The largest absolute Gasteiger partial charge is 0.450 e. The molecule has 0 unspecified atom stereocenters. The van der Waals surface area contributed by atoms with E-state index in [-0.39, 0.29) is 17.2 Å². The second-order valence-corrected chi connectivity index (χ2v) is 10.6. The molecule has 0 bridgehead atoms. The number of ketones is 2. The third-order valence-corrected chi connectivity index (χ3v) is 9.26. The van der Waals surface area contributed by atoms with E-state index < -0.39 is 5.60 Å². The summed E-state index contributed by atoms with van der Waals surface area (Å²) in [5.41, 5.74) is 0.186. The molecule has 0 saturated heterocycles. The van der Waals surface area contributed by atoms with Crippen LogP contribution in [0.3, 0.4) is 0 Å². The van der Waals surface area contributed by atoms with Crippen LogP contribution in [0.5, 0.6) is 0 Å². The van der Waals surface area contributed by atoms with Crippen LogP contribution in [0.1, 0.15) is 97.8 Å². The molecule has 166 valence electrons. The number of Topliss-reactive ketones (excluding diaryl/α,β-unsaturated/α-hetero) is 1. The molecular formula is C26H38O4. The zero-order valence-corrected chi connectivity index (χ0v) is 19.0. The lowest BCUT2D eigenvalue weighted by molar-refractivity contribution is -0.187. The van der Waals surface area contributed by atoms with E-state index in [1.54, 1.807) is 6.92 Å². The van der Waals surface area contributed by atoms with E-state index in [1.807, 2.05) is 6.08 Å². The number of carbonyl (C=O) groups excluding carboxylic acids is 3. The predicted molar refractivity (Wildman–Crippen MR) is 116 cm³/mol. The van der Waals surface area contributed by atoms with Crippen molar-refractivity contribution in [2.75, 3.05) is 0 Å². The Morgan fingerprint density at radius 1 is 1.07 bits per heavy atom. The van der Waals surface area contributed by atoms with Gasteiger partial charge in [0.05, 0.1) is 0 Å². The van der Waals surface area contributed by atoms with Gasteiger partial charge < -0.3 is 4.74 Å². The van der Waals surface area contributed by atoms with Crippen LogP contribution in [-0.2, 0) is 19.1 Å². The molecule has 4 heteroatoms. The van der Waals surface area contributed by atoms with Crippen molar-refractivity contribution in [2.24, 2.45) is 29.1 Å². The van der Waals surface area contributed by atoms with Gasteiger partial charge in [0, 0.05) is 18.3 Å². The molecule has 0 aromatic carbocycles. The van der Waals surface area contributed by atoms with Crippen molar-refractivity contribution in [1.29, 1.82) is 0 Å². The zero-order chi connectivity index (χ0) is 21.5. The van der Waals surface area contributed by atoms with E-state index in [9.17, 15) is 14.4 Å². The lowest BCUT2D eigenvalue weighted by Crippen LogP contribution is -2.57. The monoisotopic (exact) mass is 414 g/mol. The number of esters is 1. The fourth-order valence-corrected chi connectivity index (χ4v) is 7.76. The fraction of sp³-hybridized carbons (Fsp3) is 0.808. The van der Waals surface area contributed by atoms with Gasteiger partial charge in [0.1, 0.15) is 0 Å². The highest BCUT2D eigenvalue weighted by molar-refractivity contribution is 5.91. The molecule has 0 amide bonds. The Hall–Kier alpha value is -1.45. The zero-order valence-electron chi connectivity index (χ0n) is 19.0. The molecule has 4 rings (SSSR count). The van der Waals surface area contributed by atoms with E-state index >= 15 is 0 Å². The number of carbonyl (C=O) groups is 3. The molecule has 4 aliphatic rings. The SMILES string of the molecule is CCCCCC(=O)O[C@@]1(C(C)=O)CC[C@@H]2[C@H]3CCC4=CC(=O)CC[C@@H]4[C@@H]3CC[C@@]21C. The maximum atomic E-state index is 13.0. The summed E-state index contributed by atoms with van der Waals surface area (Å²) in [6.45, 7) is 5.99. The second kappa shape index (κ2) is 8.24. The molecule has 0 heterocycles. The number of rotatable bonds is 6. The van der Waals surface area contributed by atoms with Crippen LogP contribution in [0.25, 0.3) is 0 Å². The molecule has 0 aliphatic heterocycles. The predicted octanol–water partition coefficient (Wildman–Crippen LogP) is 5.58. The van der Waals surface area contributed by atoms with Crippen molar-refractivity contribution in [3.63, 3.8) is 0 Å². The Kier molecular flexibility index (Phi) is 5.98. The topological polar surface area (TPSA) is 60.4 Å². The number of unbranched alkanes of at least 4 members (excludes halogenated alkanes) is 2. The smallest absolute Gasteiger partial charge is 0.306 e. The first-order valence-corrected chi connectivity index (χ1v) is 12.3. The minimum Gasteiger partial charge on any atom is -0.450 e. The van der Waals surface area contributed by atoms with Gasteiger partial charge in [-0.05, 0) is 88.0 Å². The Morgan fingerprint density at radius 3 is 2.60 bits per heavy atom. The first-order valence-electron chi connectivity index (χ1n) is 12.3. The van der Waals surface area contributed by atoms with Crippen molar-refractivity contribution in [2.45, 2.75) is 103 Å². The maximum absolute atomic E-state index is 13.0. The van der Waals surface area contributed by atoms with Gasteiger partial charge in [0.15, 0.2) is 17.2 Å². The van der Waals surface area contributed by atoms with Gasteiger partial charge >= 0.3 is 5.97 Å². The lowest BCUT2D eigenvalue weighted by atomic mass is 9.50. The summed E-state index contributed by atoms with van der Waals surface area (Å²) >= 11 is 0. The lowest BCUT2D eigenvalue weighted by Gasteiger charge is -2.55. The second-order valence-electron chi connectivity index (χ2n) is 10.6. The van der Waals surface area contributed by atoms with E-state index in [1.165, 1.54) is 5.57 Å². The van der Waals surface area contributed by atoms with E-state index in [2.05, 4.69) is 13.8 Å². The highest BCUT2D eigenvalue weighted by atomic mass is 16.6. The van der Waals surface area contributed by atoms with Crippen LogP contribution in [-0.4, -0.2) is 23.1 Å². The number of ether oxygens (including phenoxy) is 1. The standard InChI is InChI=1S/C26H38O4/c1-4-5-6-7-24(29)30-26(17(2)27)15-13-23-22-10-8-18-16-19(28)9-11-20(18)21(22)12-14-25(23,26)3/h16,20-23H,4-15H2,1-3H3/t20-,21-,22-,23+,25-,26+/m0/s1. The van der Waals surface area contributed by atoms with Crippen molar-refractivity contribution in [1.82, 2.24) is 0 Å². The van der Waals surface area contributed by atoms with Gasteiger partial charge in [-0.15, -0.1) is 0 Å². The Balaban J connectivity index is 1.56. The van der Waals surface area contributed by atoms with E-state index in [4.69, 9.17) is 4.74 Å². The average Bonchev–Trinajstić information content (AvgIpc) is 3.01. The molecule has 0 aromatic heterocycles. The molecular weight excluding hydrogens is 376 g/mol. The number of fused-ring (bicyclic) bond motifs is 5. The average molecular weight is 415 g/mol. The first kappa shape index (κ1) is 21.8. The third-order valence-electron chi connectivity index (χ3n) is 9.26. The molecule has 3 saturated carbocycles. The van der Waals surface area contributed by atoms with Gasteiger partial charge in [-0.1, -0.05) is 32.3 Å². The molecule has 4 nitrogen and oxygen atoms in total. The van der Waals surface area contributed by atoms with Crippen LogP contribution in [0.15, 0.2) is 11.6 Å². The van der Waals surface area contributed by atoms with E-state index in [0.29, 0.717) is 48.7 Å². The van der Waals surface area contributed by atoms with Crippen LogP contribution in [0.2, 0.25) is 0 Å². The van der Waals surface area contributed by atoms with Gasteiger partial charge in [-0.2, -0.15) is 0 Å². The summed E-state index contributed by atoms with van der Waals surface area (Å²) in [4.78, 5) is 37.6. The van der Waals surface area contributed by atoms with Crippen molar-refractivity contribution in [3.05, 3.63) is 11.6 Å². The highest BCUT2D eigenvalue weighted by Crippen LogP contribution is 2.66. The number of hydrogen-bond donors (Lipinski definition) is 0. The van der Waals surface area contributed by atoms with E-state index in [0.717, 1.165) is 57.8 Å². The Labute approximate surface area is 181 Å². The third kappa shape index (κ3) is 3.39. The van der Waals surface area contributed by atoms with Gasteiger partial charge in [-0.3, -0.25) is 14.4 Å². The summed E-state index contributed by atoms with van der Waals surface area (Å²) in [6.07, 6.45) is 12.8. The molecule has 3 fully saturated rings. The van der Waals surface area contributed by atoms with Gasteiger partial charge in [0.2, 0.25) is 0 Å². The summed E-state index contributed by atoms with van der Waals surface area (Å²) in [7, 11) is 0. The van der Waals surface area contributed by atoms with Crippen molar-refractivity contribution >= 4 is 17.5 Å². The summed E-state index contributed by atoms with van der Waals surface area (Å²) < 4.78 is 6.14. The van der Waals surface area contributed by atoms with Gasteiger partial charge in [-0.25, -0.2) is 0 Å². The summed E-state index contributed by atoms with van der Waals surface area (Å²) in [5, 5.41) is 0. The number of hydrogen-bond acceptors (Lipinski definition) is 4. The molecule has 0 aromatic rings. The minimum atomic E-state index is -0.940. The van der Waals surface area contributed by atoms with Crippen LogP contribution in [0.4, 0.5) is 0 Å². The normalized spacial score (nSPS) is 40.1. The van der Waals surface area contributed by atoms with Crippen LogP contribution < -0.4 is 0 Å². The Bertz CT molecular complexity index is 752. The fourth-order valence-electron chi connectivity index (χ4n) is 7.76. The number of allylic oxidation sites excluding steroid dienone is 1. The highest BCUT2D eigenvalue weighted by Gasteiger charge is 2.66. The van der Waals surface area contributed by atoms with Gasteiger partial charge in [0.25, 0.3) is 0 Å². The minimum absolute atomic E-state index is 0.0365. The first-order chi connectivity index (χ1) is 14.3. The quantitative estimate of drug-likeness (QED) is 0.420. The molecule has 30 heavy (non-hydrogen) atoms. The van der Waals surface area contributed by atoms with Crippen molar-refractivity contribution in [3.8, 4) is 0 Å². The molecule has 0 N–H and O–H groups in total. The molecule has 0 spiro atoms. The summed E-state index contributed by atoms with van der Waals surface area (Å²) in [6, 6.07) is 0. The van der Waals surface area contributed by atoms with Crippen molar-refractivity contribution < 1.29 is 19.1 Å². The molecule has 6 atom stereocenters. The molecule has 0 radical (unpaired) electrons.